The molecule has 2 aliphatic rings. The summed E-state index contributed by atoms with van der Waals surface area (Å²) in [6.45, 7) is 3.54. The number of carbonyl (C=O) groups excluding carboxylic acids is 1. The van der Waals surface area contributed by atoms with Crippen LogP contribution in [-0.2, 0) is 4.79 Å². The smallest absolute Gasteiger partial charge is 0.246 e. The molecule has 6 N–H and O–H groups in total. The predicted octanol–water partition coefficient (Wildman–Crippen LogP) is 3.48. The maximum atomic E-state index is 11.4. The summed E-state index contributed by atoms with van der Waals surface area (Å²) < 4.78 is 0. The van der Waals surface area contributed by atoms with Gasteiger partial charge in [-0.05, 0) is 62.5 Å². The average Bonchev–Trinajstić information content (AvgIpc) is 3.21. The molecule has 2 aromatic rings. The zero-order valence-corrected chi connectivity index (χ0v) is 16.0. The number of aromatic hydroxyl groups is 1. The molecule has 2 bridgehead atoms. The standard InChI is InChI=1S/C12H13N3O.C10H15NO/c13-10(7-8-5-6-15-12(8)14)9-3-1-2-4-11(9)16;1-2-10(12)11-8-4-3-5-9(11)7-6-8/h1-7,15-16H,13-14H2;2,8-9H,1,3-7H2/b10-7-;/t;8-,9?/m.1/s1. The van der Waals surface area contributed by atoms with E-state index in [2.05, 4.69) is 16.5 Å². The van der Waals surface area contributed by atoms with Gasteiger partial charge in [0.15, 0.2) is 0 Å². The number of phenolic OH excluding ortho intramolecular Hbond substituents is 1. The van der Waals surface area contributed by atoms with E-state index in [1.54, 1.807) is 30.5 Å². The summed E-state index contributed by atoms with van der Waals surface area (Å²) in [6.07, 6.45) is 11.0. The van der Waals surface area contributed by atoms with Gasteiger partial charge in [0.05, 0.1) is 0 Å². The molecule has 2 atom stereocenters. The highest BCUT2D eigenvalue weighted by atomic mass is 16.3. The number of rotatable bonds is 3. The molecule has 0 saturated carbocycles. The molecule has 3 heterocycles. The molecule has 1 aromatic carbocycles. The minimum absolute atomic E-state index is 0.141. The lowest BCUT2D eigenvalue weighted by Crippen LogP contribution is -2.43. The average molecular weight is 380 g/mol. The Morgan fingerprint density at radius 3 is 2.43 bits per heavy atom. The Morgan fingerprint density at radius 1 is 1.18 bits per heavy atom. The zero-order valence-electron chi connectivity index (χ0n) is 16.0. The monoisotopic (exact) mass is 380 g/mol. The van der Waals surface area contributed by atoms with Gasteiger partial charge >= 0.3 is 0 Å². The molecule has 0 spiro atoms. The number of amides is 1. The van der Waals surface area contributed by atoms with Crippen LogP contribution in [0.15, 0.2) is 49.2 Å². The molecular formula is C22H28N4O2. The Balaban J connectivity index is 0.000000167. The number of hydrogen-bond acceptors (Lipinski definition) is 4. The predicted molar refractivity (Wildman–Crippen MR) is 113 cm³/mol. The highest BCUT2D eigenvalue weighted by molar-refractivity contribution is 5.88. The van der Waals surface area contributed by atoms with E-state index in [4.69, 9.17) is 11.5 Å². The number of phenols is 1. The highest BCUT2D eigenvalue weighted by Crippen LogP contribution is 2.35. The maximum Gasteiger partial charge on any atom is 0.246 e. The number of nitrogens with one attached hydrogen (secondary N) is 1. The van der Waals surface area contributed by atoms with Gasteiger partial charge in [0.25, 0.3) is 0 Å². The van der Waals surface area contributed by atoms with Crippen LogP contribution in [0.3, 0.4) is 0 Å². The fourth-order valence-electron chi connectivity index (χ4n) is 4.07. The van der Waals surface area contributed by atoms with Gasteiger partial charge in [-0.1, -0.05) is 18.7 Å². The molecule has 0 aliphatic carbocycles. The van der Waals surface area contributed by atoms with Crippen molar-refractivity contribution in [3.8, 4) is 5.75 Å². The Kier molecular flexibility index (Phi) is 6.09. The van der Waals surface area contributed by atoms with Gasteiger partial charge in [-0.15, -0.1) is 0 Å². The van der Waals surface area contributed by atoms with Gasteiger partial charge in [0.2, 0.25) is 5.91 Å². The lowest BCUT2D eigenvalue weighted by atomic mass is 10.0. The molecule has 0 radical (unpaired) electrons. The van der Waals surface area contributed by atoms with Crippen LogP contribution in [0.5, 0.6) is 5.75 Å². The number of hydrogen-bond donors (Lipinski definition) is 4. The van der Waals surface area contributed by atoms with Gasteiger partial charge in [0, 0.05) is 35.1 Å². The number of carbonyl (C=O) groups is 1. The van der Waals surface area contributed by atoms with Crippen molar-refractivity contribution in [1.82, 2.24) is 9.88 Å². The van der Waals surface area contributed by atoms with Gasteiger partial charge < -0.3 is 26.5 Å². The molecule has 6 nitrogen and oxygen atoms in total. The molecule has 4 rings (SSSR count). The third-order valence-corrected chi connectivity index (χ3v) is 5.46. The van der Waals surface area contributed by atoms with Gasteiger partial charge in [-0.2, -0.15) is 0 Å². The summed E-state index contributed by atoms with van der Waals surface area (Å²) in [4.78, 5) is 16.3. The minimum Gasteiger partial charge on any atom is -0.507 e. The summed E-state index contributed by atoms with van der Waals surface area (Å²) in [7, 11) is 0. The first-order valence-electron chi connectivity index (χ1n) is 9.64. The largest absolute Gasteiger partial charge is 0.507 e. The molecule has 148 valence electrons. The fourth-order valence-corrected chi connectivity index (χ4v) is 4.07. The summed E-state index contributed by atoms with van der Waals surface area (Å²) >= 11 is 0. The summed E-state index contributed by atoms with van der Waals surface area (Å²) in [5.74, 6) is 0.853. The Labute approximate surface area is 165 Å². The number of fused-ring (bicyclic) bond motifs is 2. The molecule has 1 aromatic heterocycles. The van der Waals surface area contributed by atoms with Crippen molar-refractivity contribution in [2.24, 2.45) is 5.73 Å². The lowest BCUT2D eigenvalue weighted by Gasteiger charge is -2.33. The SMILES string of the molecule is C=CC(=O)N1C2CCC[C@@H]1CC2.N/C(=C\c1cc[nH]c1N)c1ccccc1O. The number of aromatic amines is 1. The molecule has 1 amide bonds. The van der Waals surface area contributed by atoms with Crippen LogP contribution in [0.2, 0.25) is 0 Å². The molecule has 6 heteroatoms. The van der Waals surface area contributed by atoms with Crippen molar-refractivity contribution in [3.63, 3.8) is 0 Å². The number of nitrogens with zero attached hydrogens (tertiary/aromatic N) is 1. The Hall–Kier alpha value is -3.15. The number of anilines is 1. The van der Waals surface area contributed by atoms with E-state index >= 15 is 0 Å². The zero-order chi connectivity index (χ0) is 20.1. The van der Waals surface area contributed by atoms with Gasteiger partial charge in [-0.3, -0.25) is 4.79 Å². The molecule has 2 aliphatic heterocycles. The second-order valence-corrected chi connectivity index (χ2v) is 7.23. The Bertz CT molecular complexity index is 855. The van der Waals surface area contributed by atoms with Crippen LogP contribution >= 0.6 is 0 Å². The second kappa shape index (κ2) is 8.69. The van der Waals surface area contributed by atoms with E-state index in [0.29, 0.717) is 29.2 Å². The molecule has 1 unspecified atom stereocenters. The first-order chi connectivity index (χ1) is 13.5. The fraction of sp³-hybridized carbons (Fsp3) is 0.318. The summed E-state index contributed by atoms with van der Waals surface area (Å²) in [6, 6.07) is 9.80. The molecule has 2 fully saturated rings. The third-order valence-electron chi connectivity index (χ3n) is 5.46. The molecular weight excluding hydrogens is 352 g/mol. The first-order valence-corrected chi connectivity index (χ1v) is 9.64. The first kappa shape index (κ1) is 19.6. The topological polar surface area (TPSA) is 108 Å². The summed E-state index contributed by atoms with van der Waals surface area (Å²) in [5.41, 5.74) is 13.5. The van der Waals surface area contributed by atoms with Crippen molar-refractivity contribution in [3.05, 3.63) is 60.3 Å². The molecule has 2 saturated heterocycles. The quantitative estimate of drug-likeness (QED) is 0.611. The Morgan fingerprint density at radius 2 is 1.86 bits per heavy atom. The second-order valence-electron chi connectivity index (χ2n) is 7.23. The van der Waals surface area contributed by atoms with Gasteiger partial charge in [-0.25, -0.2) is 0 Å². The number of H-pyrrole nitrogens is 1. The van der Waals surface area contributed by atoms with Crippen LogP contribution in [0, 0.1) is 0 Å². The van der Waals surface area contributed by atoms with Crippen molar-refractivity contribution in [2.75, 3.05) is 5.73 Å². The normalized spacial score (nSPS) is 21.0. The van der Waals surface area contributed by atoms with E-state index in [-0.39, 0.29) is 11.7 Å². The number of nitrogens with two attached hydrogens (primary N) is 2. The van der Waals surface area contributed by atoms with E-state index in [0.717, 1.165) is 5.56 Å². The highest BCUT2D eigenvalue weighted by Gasteiger charge is 2.38. The van der Waals surface area contributed by atoms with Crippen molar-refractivity contribution >= 4 is 23.5 Å². The van der Waals surface area contributed by atoms with E-state index in [1.165, 1.54) is 38.2 Å². The van der Waals surface area contributed by atoms with Crippen molar-refractivity contribution < 1.29 is 9.90 Å². The van der Waals surface area contributed by atoms with Gasteiger partial charge in [0.1, 0.15) is 11.6 Å². The van der Waals surface area contributed by atoms with E-state index in [1.807, 2.05) is 12.1 Å². The van der Waals surface area contributed by atoms with Crippen LogP contribution < -0.4 is 11.5 Å². The van der Waals surface area contributed by atoms with Crippen LogP contribution in [0.4, 0.5) is 5.82 Å². The number of aromatic nitrogens is 1. The number of nitrogen functional groups attached to an aromatic ring is 1. The number of benzene rings is 1. The van der Waals surface area contributed by atoms with Crippen molar-refractivity contribution in [2.45, 2.75) is 44.2 Å². The van der Waals surface area contributed by atoms with Crippen molar-refractivity contribution in [1.29, 1.82) is 0 Å². The molecule has 28 heavy (non-hydrogen) atoms. The van der Waals surface area contributed by atoms with Crippen LogP contribution in [0.1, 0.15) is 43.2 Å². The lowest BCUT2D eigenvalue weighted by molar-refractivity contribution is -0.130. The third kappa shape index (κ3) is 4.22. The van der Waals surface area contributed by atoms with Crippen LogP contribution in [0.25, 0.3) is 11.8 Å². The minimum atomic E-state index is 0.141. The van der Waals surface area contributed by atoms with E-state index < -0.39 is 0 Å². The van der Waals surface area contributed by atoms with E-state index in [9.17, 15) is 9.90 Å². The number of para-hydroxylation sites is 1. The summed E-state index contributed by atoms with van der Waals surface area (Å²) in [5, 5.41) is 9.62. The maximum absolute atomic E-state index is 11.4. The number of piperidine rings is 1. The van der Waals surface area contributed by atoms with Crippen LogP contribution in [-0.4, -0.2) is 33.0 Å².